The van der Waals surface area contributed by atoms with Gasteiger partial charge in [-0.1, -0.05) is 30.3 Å². The lowest BCUT2D eigenvalue weighted by molar-refractivity contribution is -0.137. The van der Waals surface area contributed by atoms with Crippen molar-refractivity contribution >= 4 is 5.69 Å². The SMILES string of the molecule is N#Cc1ccc(N(Cc2nnc(-c3ccc(F)cc3)n2Cc2ccccc2)CC(F)(F)F)cc1C(F)(F)F. The van der Waals surface area contributed by atoms with E-state index in [-0.39, 0.29) is 18.2 Å². The maximum atomic E-state index is 13.5. The monoisotopic (exact) mass is 533 g/mol. The highest BCUT2D eigenvalue weighted by atomic mass is 19.4. The molecule has 0 unspecified atom stereocenters. The maximum absolute atomic E-state index is 13.5. The Morgan fingerprint density at radius 2 is 1.55 bits per heavy atom. The number of anilines is 1. The summed E-state index contributed by atoms with van der Waals surface area (Å²) in [4.78, 5) is 0.691. The summed E-state index contributed by atoms with van der Waals surface area (Å²) in [5, 5.41) is 17.2. The van der Waals surface area contributed by atoms with Crippen molar-refractivity contribution in [3.8, 4) is 17.5 Å². The van der Waals surface area contributed by atoms with Gasteiger partial charge in [-0.15, -0.1) is 10.2 Å². The Labute approximate surface area is 212 Å². The van der Waals surface area contributed by atoms with Crippen LogP contribution in [0, 0.1) is 17.1 Å². The molecule has 196 valence electrons. The second kappa shape index (κ2) is 10.5. The van der Waals surface area contributed by atoms with Crippen molar-refractivity contribution in [3.05, 3.63) is 101 Å². The summed E-state index contributed by atoms with van der Waals surface area (Å²) in [7, 11) is 0. The highest BCUT2D eigenvalue weighted by molar-refractivity contribution is 5.57. The van der Waals surface area contributed by atoms with Crippen molar-refractivity contribution in [3.63, 3.8) is 0 Å². The fourth-order valence-electron chi connectivity index (χ4n) is 3.88. The zero-order valence-corrected chi connectivity index (χ0v) is 19.4. The summed E-state index contributed by atoms with van der Waals surface area (Å²) in [5.41, 5.74) is -1.24. The molecule has 0 saturated carbocycles. The normalized spacial score (nSPS) is 11.8. The summed E-state index contributed by atoms with van der Waals surface area (Å²) in [6, 6.07) is 17.9. The van der Waals surface area contributed by atoms with Crippen molar-refractivity contribution in [1.29, 1.82) is 5.26 Å². The largest absolute Gasteiger partial charge is 0.417 e. The van der Waals surface area contributed by atoms with Gasteiger partial charge in [0, 0.05) is 11.3 Å². The lowest BCUT2D eigenvalue weighted by Gasteiger charge is -2.27. The predicted molar refractivity (Wildman–Crippen MR) is 124 cm³/mol. The van der Waals surface area contributed by atoms with Gasteiger partial charge in [-0.05, 0) is 48.0 Å². The number of halogens is 7. The second-order valence-corrected chi connectivity index (χ2v) is 8.33. The second-order valence-electron chi connectivity index (χ2n) is 8.33. The molecule has 1 aromatic heterocycles. The van der Waals surface area contributed by atoms with E-state index in [2.05, 4.69) is 10.2 Å². The molecule has 12 heteroatoms. The molecule has 0 atom stereocenters. The first kappa shape index (κ1) is 26.7. The van der Waals surface area contributed by atoms with Crippen LogP contribution >= 0.6 is 0 Å². The van der Waals surface area contributed by atoms with E-state index in [9.17, 15) is 30.7 Å². The van der Waals surface area contributed by atoms with Crippen LogP contribution in [0.15, 0.2) is 72.8 Å². The fraction of sp³-hybridized carbons (Fsp3) is 0.192. The van der Waals surface area contributed by atoms with Gasteiger partial charge in [-0.25, -0.2) is 4.39 Å². The third kappa shape index (κ3) is 6.29. The number of hydrogen-bond acceptors (Lipinski definition) is 4. The molecule has 0 aliphatic heterocycles. The third-order valence-corrected chi connectivity index (χ3v) is 5.61. The van der Waals surface area contributed by atoms with Crippen LogP contribution in [0.2, 0.25) is 0 Å². The van der Waals surface area contributed by atoms with Crippen molar-refractivity contribution in [2.45, 2.75) is 25.4 Å². The first-order valence-corrected chi connectivity index (χ1v) is 11.1. The van der Waals surface area contributed by atoms with E-state index in [0.717, 1.165) is 17.7 Å². The Balaban J connectivity index is 1.80. The number of rotatable bonds is 7. The molecular weight excluding hydrogens is 515 g/mol. The van der Waals surface area contributed by atoms with Crippen LogP contribution in [-0.2, 0) is 19.3 Å². The average molecular weight is 533 g/mol. The van der Waals surface area contributed by atoms with E-state index >= 15 is 0 Å². The van der Waals surface area contributed by atoms with Gasteiger partial charge in [-0.3, -0.25) is 0 Å². The van der Waals surface area contributed by atoms with Crippen molar-refractivity contribution in [2.75, 3.05) is 11.4 Å². The minimum Gasteiger partial charge on any atom is -0.355 e. The number of benzene rings is 3. The van der Waals surface area contributed by atoms with Crippen LogP contribution in [-0.4, -0.2) is 27.5 Å². The minimum atomic E-state index is -4.95. The highest BCUT2D eigenvalue weighted by Gasteiger charge is 2.36. The molecule has 0 bridgehead atoms. The Hall–Kier alpha value is -4.40. The van der Waals surface area contributed by atoms with Crippen molar-refractivity contribution in [1.82, 2.24) is 14.8 Å². The van der Waals surface area contributed by atoms with Crippen LogP contribution < -0.4 is 4.90 Å². The standard InChI is InChI=1S/C26H18F7N5/c27-20-9-6-18(7-10-20)24-36-35-23(38(24)14-17-4-2-1-3-5-17)15-37(16-25(28,29)30)21-11-8-19(13-34)22(12-21)26(31,32)33/h1-12H,14-16H2. The highest BCUT2D eigenvalue weighted by Crippen LogP contribution is 2.35. The van der Waals surface area contributed by atoms with Gasteiger partial charge in [0.25, 0.3) is 0 Å². The predicted octanol–water partition coefficient (Wildman–Crippen LogP) is 6.59. The molecule has 0 aliphatic rings. The zero-order valence-electron chi connectivity index (χ0n) is 19.4. The van der Waals surface area contributed by atoms with E-state index in [4.69, 9.17) is 5.26 Å². The van der Waals surface area contributed by atoms with Crippen molar-refractivity contribution in [2.24, 2.45) is 0 Å². The Kier molecular flexibility index (Phi) is 7.39. The van der Waals surface area contributed by atoms with Crippen LogP contribution in [0.5, 0.6) is 0 Å². The summed E-state index contributed by atoms with van der Waals surface area (Å²) in [6.45, 7) is -2.00. The van der Waals surface area contributed by atoms with Crippen LogP contribution in [0.3, 0.4) is 0 Å². The molecule has 0 saturated heterocycles. The molecule has 5 nitrogen and oxygen atoms in total. The first-order valence-electron chi connectivity index (χ1n) is 11.1. The van der Waals surface area contributed by atoms with E-state index in [1.54, 1.807) is 30.3 Å². The minimum absolute atomic E-state index is 0.0374. The summed E-state index contributed by atoms with van der Waals surface area (Å²) in [5.74, 6) is -0.220. The number of hydrogen-bond donors (Lipinski definition) is 0. The quantitative estimate of drug-likeness (QED) is 0.252. The molecule has 0 N–H and O–H groups in total. The molecule has 4 rings (SSSR count). The van der Waals surface area contributed by atoms with Crippen LogP contribution in [0.1, 0.15) is 22.5 Å². The van der Waals surface area contributed by atoms with Gasteiger partial charge in [0.2, 0.25) is 0 Å². The Morgan fingerprint density at radius 1 is 0.868 bits per heavy atom. The van der Waals surface area contributed by atoms with Crippen LogP contribution in [0.25, 0.3) is 11.4 Å². The number of nitrogens with zero attached hydrogens (tertiary/aromatic N) is 5. The lowest BCUT2D eigenvalue weighted by Crippen LogP contribution is -2.35. The van der Waals surface area contributed by atoms with Gasteiger partial charge in [0.1, 0.15) is 12.4 Å². The summed E-state index contributed by atoms with van der Waals surface area (Å²) in [6.07, 6.45) is -9.72. The molecule has 0 spiro atoms. The van der Waals surface area contributed by atoms with Gasteiger partial charge >= 0.3 is 12.4 Å². The molecule has 1 heterocycles. The van der Waals surface area contributed by atoms with E-state index in [1.165, 1.54) is 34.9 Å². The van der Waals surface area contributed by atoms with Gasteiger partial charge in [-0.2, -0.15) is 31.6 Å². The number of nitriles is 1. The third-order valence-electron chi connectivity index (χ3n) is 5.61. The van der Waals surface area contributed by atoms with Gasteiger partial charge in [0.05, 0.1) is 30.3 Å². The molecule has 0 radical (unpaired) electrons. The molecule has 38 heavy (non-hydrogen) atoms. The van der Waals surface area contributed by atoms with Crippen LogP contribution in [0.4, 0.5) is 36.4 Å². The number of aromatic nitrogens is 3. The number of alkyl halides is 6. The summed E-state index contributed by atoms with van der Waals surface area (Å²) < 4.78 is 96.2. The topological polar surface area (TPSA) is 57.7 Å². The Bertz CT molecular complexity index is 1440. The van der Waals surface area contributed by atoms with Gasteiger partial charge < -0.3 is 9.47 Å². The van der Waals surface area contributed by atoms with E-state index in [0.29, 0.717) is 16.5 Å². The first-order chi connectivity index (χ1) is 17.9. The molecule has 0 fully saturated rings. The summed E-state index contributed by atoms with van der Waals surface area (Å²) >= 11 is 0. The van der Waals surface area contributed by atoms with E-state index in [1.807, 2.05) is 0 Å². The maximum Gasteiger partial charge on any atom is 0.417 e. The van der Waals surface area contributed by atoms with Crippen molar-refractivity contribution < 1.29 is 30.7 Å². The molecular formula is C26H18F7N5. The fourth-order valence-corrected chi connectivity index (χ4v) is 3.88. The Morgan fingerprint density at radius 3 is 2.16 bits per heavy atom. The molecule has 4 aromatic rings. The molecule has 3 aromatic carbocycles. The van der Waals surface area contributed by atoms with E-state index < -0.39 is 48.1 Å². The molecule has 0 amide bonds. The zero-order chi connectivity index (χ0) is 27.5. The smallest absolute Gasteiger partial charge is 0.355 e. The van der Waals surface area contributed by atoms with Gasteiger partial charge in [0.15, 0.2) is 11.6 Å². The lowest BCUT2D eigenvalue weighted by atomic mass is 10.1. The molecule has 0 aliphatic carbocycles. The average Bonchev–Trinajstić information content (AvgIpc) is 3.24.